The number of azo groups is 1. The van der Waals surface area contributed by atoms with Gasteiger partial charge in [0.25, 0.3) is 0 Å². The topological polar surface area (TPSA) is 109 Å². The van der Waals surface area contributed by atoms with Crippen LogP contribution >= 0.6 is 0 Å². The van der Waals surface area contributed by atoms with Crippen molar-refractivity contribution in [2.24, 2.45) is 10.2 Å². The third-order valence-corrected chi connectivity index (χ3v) is 5.70. The molecule has 176 valence electrons. The largest absolute Gasteiger partial charge is 3.00 e. The van der Waals surface area contributed by atoms with Crippen LogP contribution in [0.4, 0.5) is 28.7 Å². The van der Waals surface area contributed by atoms with Gasteiger partial charge in [0.05, 0.1) is 5.56 Å². The Kier molecular flexibility index (Phi) is 9.68. The summed E-state index contributed by atoms with van der Waals surface area (Å²) in [6, 6.07) is 10.7. The number of nitriles is 1. The van der Waals surface area contributed by atoms with Crippen molar-refractivity contribution in [1.82, 2.24) is 4.98 Å². The van der Waals surface area contributed by atoms with Crippen LogP contribution < -0.4 is 10.6 Å². The Morgan fingerprint density at radius 2 is 1.26 bits per heavy atom. The maximum Gasteiger partial charge on any atom is 3.00 e. The molecule has 2 aromatic carbocycles. The van der Waals surface area contributed by atoms with E-state index in [-0.39, 0.29) is 32.7 Å². The third kappa shape index (κ3) is 6.52. The summed E-state index contributed by atoms with van der Waals surface area (Å²) in [7, 11) is 0. The van der Waals surface area contributed by atoms with Crippen molar-refractivity contribution in [2.75, 3.05) is 10.6 Å². The first-order valence-electron chi connectivity index (χ1n) is 11.3. The first kappa shape index (κ1) is 28.6. The number of pyridine rings is 1. The van der Waals surface area contributed by atoms with Gasteiger partial charge in [-0.25, -0.2) is 10.1 Å². The number of hydrogen-bond donors (Lipinski definition) is 2. The summed E-state index contributed by atoms with van der Waals surface area (Å²) in [5, 5.41) is 25.2. The monoisotopic (exact) mass is 543 g/mol. The van der Waals surface area contributed by atoms with Crippen LogP contribution in [0.1, 0.15) is 51.4 Å². The van der Waals surface area contributed by atoms with Gasteiger partial charge in [0.2, 0.25) is 0 Å². The maximum atomic E-state index is 10.0. The van der Waals surface area contributed by atoms with E-state index in [2.05, 4.69) is 65.0 Å². The van der Waals surface area contributed by atoms with Crippen LogP contribution in [0, 0.1) is 59.8 Å². The molecule has 0 aliphatic heterocycles. The molecule has 0 radical (unpaired) electrons. The molecule has 1 heterocycles. The summed E-state index contributed by atoms with van der Waals surface area (Å²) in [4.78, 5) is 4.82. The maximum absolute atomic E-state index is 10.0. The second-order valence-corrected chi connectivity index (χ2v) is 8.96. The average Bonchev–Trinajstić information content (AvgIpc) is 2.72. The minimum Gasteiger partial charge on any atom is -0.654 e. The van der Waals surface area contributed by atoms with E-state index in [4.69, 9.17) is 10.7 Å². The number of aromatic nitrogens is 1. The average molecular weight is 544 g/mol. The number of aryl methyl sites for hydroxylation is 6. The van der Waals surface area contributed by atoms with Gasteiger partial charge in [-0.05, 0) is 76.9 Å². The molecule has 0 saturated heterocycles. The molecule has 8 heteroatoms. The van der Waals surface area contributed by atoms with Crippen molar-refractivity contribution in [3.63, 3.8) is 0 Å². The summed E-state index contributed by atoms with van der Waals surface area (Å²) >= 11 is 0. The smallest absolute Gasteiger partial charge is 0.654 e. The van der Waals surface area contributed by atoms with Gasteiger partial charge in [0.1, 0.15) is 11.8 Å². The van der Waals surface area contributed by atoms with Crippen molar-refractivity contribution in [3.8, 4) is 6.07 Å². The summed E-state index contributed by atoms with van der Waals surface area (Å²) < 4.78 is 0. The fourth-order valence-electron chi connectivity index (χ4n) is 4.27. The minimum absolute atomic E-state index is 0. The van der Waals surface area contributed by atoms with Crippen LogP contribution in [0.25, 0.3) is 5.73 Å². The van der Waals surface area contributed by atoms with Crippen molar-refractivity contribution in [1.29, 1.82) is 5.26 Å². The molecule has 0 aliphatic rings. The van der Waals surface area contributed by atoms with Crippen LogP contribution in [0.5, 0.6) is 0 Å². The van der Waals surface area contributed by atoms with Gasteiger partial charge >= 0.3 is 32.7 Å². The fraction of sp³-hybridized carbons (Fsp3) is 0.333. The van der Waals surface area contributed by atoms with E-state index in [0.717, 1.165) is 33.6 Å². The van der Waals surface area contributed by atoms with Gasteiger partial charge in [-0.3, -0.25) is 0 Å². The Labute approximate surface area is 233 Å². The molecular weight excluding hydrogens is 511 g/mol. The SMILES string of the molecule is Cc1cc(C)c(Nc2nc(Nc3c(C)cc(C)cc3C)c(N=NC(C)[NH-])c(C)c2C#N)c(C)c1.[Y+3]. The molecule has 0 aliphatic carbocycles. The standard InChI is InChI=1S/C27H32N7.Y/c1-14-9-16(3)23(17(4)10-14)30-26-22(13-28)20(7)25(34-33-21(8)29)27(32-26)31-24-18(5)11-15(2)12-19(24)6;/h9-12,21,29H,1-8H3,(H2,30,31,32);/q-1;+3. The van der Waals surface area contributed by atoms with E-state index in [1.54, 1.807) is 6.92 Å². The second-order valence-electron chi connectivity index (χ2n) is 8.96. The quantitative estimate of drug-likeness (QED) is 0.306. The number of hydrogen-bond acceptors (Lipinski definition) is 6. The van der Waals surface area contributed by atoms with E-state index in [0.29, 0.717) is 28.5 Å². The Morgan fingerprint density at radius 1 is 0.829 bits per heavy atom. The van der Waals surface area contributed by atoms with Crippen LogP contribution in [0.2, 0.25) is 0 Å². The Hall–Kier alpha value is -2.66. The van der Waals surface area contributed by atoms with E-state index < -0.39 is 6.17 Å². The minimum atomic E-state index is -0.726. The van der Waals surface area contributed by atoms with Gasteiger partial charge in [0, 0.05) is 16.9 Å². The molecule has 0 fully saturated rings. The van der Waals surface area contributed by atoms with Gasteiger partial charge in [-0.15, -0.1) is 0 Å². The van der Waals surface area contributed by atoms with Crippen molar-refractivity contribution in [3.05, 3.63) is 74.5 Å². The normalized spacial score (nSPS) is 11.7. The predicted octanol–water partition coefficient (Wildman–Crippen LogP) is 8.08. The summed E-state index contributed by atoms with van der Waals surface area (Å²) in [5.41, 5.74) is 17.8. The van der Waals surface area contributed by atoms with Crippen LogP contribution in [0.3, 0.4) is 0 Å². The molecule has 0 spiro atoms. The van der Waals surface area contributed by atoms with Crippen LogP contribution in [-0.2, 0) is 32.7 Å². The molecule has 7 nitrogen and oxygen atoms in total. The molecule has 0 amide bonds. The van der Waals surface area contributed by atoms with Crippen LogP contribution in [0.15, 0.2) is 34.5 Å². The van der Waals surface area contributed by atoms with Crippen molar-refractivity contribution >= 4 is 28.7 Å². The zero-order valence-corrected chi connectivity index (χ0v) is 24.6. The van der Waals surface area contributed by atoms with E-state index in [9.17, 15) is 5.26 Å². The van der Waals surface area contributed by atoms with Crippen LogP contribution in [-0.4, -0.2) is 11.1 Å². The van der Waals surface area contributed by atoms with Gasteiger partial charge in [0.15, 0.2) is 11.6 Å². The second kappa shape index (κ2) is 11.9. The number of nitrogens with zero attached hydrogens (tertiary/aromatic N) is 4. The molecular formula is C27H32N7Y+2. The van der Waals surface area contributed by atoms with E-state index in [1.165, 1.54) is 11.1 Å². The molecule has 1 aromatic heterocycles. The van der Waals surface area contributed by atoms with E-state index >= 15 is 0 Å². The molecule has 3 N–H and O–H groups in total. The van der Waals surface area contributed by atoms with Gasteiger partial charge in [-0.1, -0.05) is 42.3 Å². The molecule has 3 rings (SSSR count). The Balaban J connectivity index is 0.00000432. The third-order valence-electron chi connectivity index (χ3n) is 5.70. The first-order chi connectivity index (χ1) is 16.0. The molecule has 1 unspecified atom stereocenters. The first-order valence-corrected chi connectivity index (χ1v) is 11.3. The molecule has 35 heavy (non-hydrogen) atoms. The van der Waals surface area contributed by atoms with E-state index in [1.807, 2.05) is 34.6 Å². The summed E-state index contributed by atoms with van der Waals surface area (Å²) in [6.07, 6.45) is -0.726. The zero-order chi connectivity index (χ0) is 25.2. The molecule has 1 atom stereocenters. The van der Waals surface area contributed by atoms with Crippen molar-refractivity contribution < 1.29 is 32.7 Å². The zero-order valence-electron chi connectivity index (χ0n) is 21.8. The summed E-state index contributed by atoms with van der Waals surface area (Å²) in [6.45, 7) is 15.8. The number of anilines is 4. The Morgan fingerprint density at radius 3 is 1.66 bits per heavy atom. The number of benzene rings is 2. The molecule has 3 aromatic rings. The number of nitrogens with one attached hydrogen (secondary N) is 3. The predicted molar refractivity (Wildman–Crippen MR) is 140 cm³/mol. The fourth-order valence-corrected chi connectivity index (χ4v) is 4.27. The molecule has 0 saturated carbocycles. The van der Waals surface area contributed by atoms with Gasteiger partial charge in [-0.2, -0.15) is 10.4 Å². The van der Waals surface area contributed by atoms with Gasteiger partial charge < -0.3 is 16.4 Å². The number of rotatable bonds is 6. The Bertz CT molecular complexity index is 1270. The molecule has 0 bridgehead atoms. The van der Waals surface area contributed by atoms with Crippen molar-refractivity contribution in [2.45, 2.75) is 61.6 Å². The summed E-state index contributed by atoms with van der Waals surface area (Å²) in [5.74, 6) is 0.943.